The van der Waals surface area contributed by atoms with Gasteiger partial charge in [-0.1, -0.05) is 18.2 Å². The standard InChI is InChI=1S/C38H42N8O5/c1-38(2,36(48)43-19-17-42(18-20-43)29-24-50-25-29)21-26(22-39)35(47)44-16-6-7-28(23-44)45-32-14-15-41-34(40)33(32)46(37(45)49)27-10-12-31(13-11-27)51-30-8-4-3-5-9-30/h3-5,8-15,21,28-29H,6-7,16-20,23-25H2,1-2H3,(H2,40,41). The number of hydrogen-bond donors (Lipinski definition) is 1. The first-order chi connectivity index (χ1) is 24.6. The number of nitrogens with two attached hydrogens (primary N) is 1. The van der Waals surface area contributed by atoms with E-state index >= 15 is 0 Å². The highest BCUT2D eigenvalue weighted by atomic mass is 16.5. The minimum Gasteiger partial charge on any atom is -0.457 e. The Kier molecular flexibility index (Phi) is 9.37. The van der Waals surface area contributed by atoms with Crippen molar-refractivity contribution >= 4 is 28.7 Å². The molecule has 1 atom stereocenters. The number of carbonyl (C=O) groups is 2. The molecule has 0 radical (unpaired) electrons. The van der Waals surface area contributed by atoms with Crippen LogP contribution in [0, 0.1) is 16.7 Å². The maximum Gasteiger partial charge on any atom is 0.334 e. The highest BCUT2D eigenvalue weighted by Gasteiger charge is 2.37. The summed E-state index contributed by atoms with van der Waals surface area (Å²) in [5, 5.41) is 10.1. The molecule has 0 aliphatic carbocycles. The number of amides is 2. The van der Waals surface area contributed by atoms with Crippen LogP contribution in [0.5, 0.6) is 11.5 Å². The van der Waals surface area contributed by atoms with E-state index in [1.165, 1.54) is 6.08 Å². The van der Waals surface area contributed by atoms with Crippen molar-refractivity contribution in [1.82, 2.24) is 28.8 Å². The number of piperazine rings is 1. The first kappa shape index (κ1) is 34.0. The van der Waals surface area contributed by atoms with Gasteiger partial charge in [-0.25, -0.2) is 9.78 Å². The zero-order valence-electron chi connectivity index (χ0n) is 28.9. The molecule has 4 aromatic rings. The van der Waals surface area contributed by atoms with Crippen molar-refractivity contribution in [2.75, 3.05) is 58.2 Å². The van der Waals surface area contributed by atoms with Gasteiger partial charge in [-0.3, -0.25) is 23.6 Å². The third-order valence-electron chi connectivity index (χ3n) is 10.1. The Balaban J connectivity index is 1.11. The number of pyridine rings is 1. The fourth-order valence-corrected chi connectivity index (χ4v) is 7.29. The Morgan fingerprint density at radius 3 is 2.33 bits per heavy atom. The zero-order valence-corrected chi connectivity index (χ0v) is 28.9. The van der Waals surface area contributed by atoms with Crippen molar-refractivity contribution < 1.29 is 19.1 Å². The number of imidazole rings is 1. The summed E-state index contributed by atoms with van der Waals surface area (Å²) in [5.74, 6) is 0.945. The van der Waals surface area contributed by atoms with E-state index in [0.29, 0.717) is 66.7 Å². The number of piperidine rings is 1. The number of carbonyl (C=O) groups excluding carboxylic acids is 2. The number of likely N-dealkylation sites (tertiary alicyclic amines) is 1. The van der Waals surface area contributed by atoms with Crippen molar-refractivity contribution in [3.05, 3.63) is 89.0 Å². The third-order valence-corrected chi connectivity index (χ3v) is 10.1. The molecule has 3 fully saturated rings. The number of anilines is 1. The molecule has 13 nitrogen and oxygen atoms in total. The van der Waals surface area contributed by atoms with Crippen LogP contribution in [0.3, 0.4) is 0 Å². The number of hydrogen-bond acceptors (Lipinski definition) is 9. The van der Waals surface area contributed by atoms with E-state index in [1.807, 2.05) is 35.2 Å². The van der Waals surface area contributed by atoms with Gasteiger partial charge in [0, 0.05) is 45.5 Å². The van der Waals surface area contributed by atoms with Gasteiger partial charge in [-0.05, 0) is 75.2 Å². The van der Waals surface area contributed by atoms with Crippen LogP contribution in [-0.4, -0.2) is 99.2 Å². The minimum absolute atomic E-state index is 0.0831. The van der Waals surface area contributed by atoms with E-state index in [0.717, 1.165) is 26.3 Å². The van der Waals surface area contributed by atoms with E-state index in [1.54, 1.807) is 64.4 Å². The second-order valence-electron chi connectivity index (χ2n) is 13.9. The summed E-state index contributed by atoms with van der Waals surface area (Å²) in [4.78, 5) is 51.8. The lowest BCUT2D eigenvalue weighted by atomic mass is 9.88. The molecule has 264 valence electrons. The molecule has 2 amide bonds. The summed E-state index contributed by atoms with van der Waals surface area (Å²) < 4.78 is 14.5. The van der Waals surface area contributed by atoms with Crippen LogP contribution in [0.1, 0.15) is 32.7 Å². The molecule has 3 saturated heterocycles. The van der Waals surface area contributed by atoms with Crippen molar-refractivity contribution in [2.24, 2.45) is 5.41 Å². The monoisotopic (exact) mass is 690 g/mol. The molecule has 7 rings (SSSR count). The molecule has 51 heavy (non-hydrogen) atoms. The first-order valence-corrected chi connectivity index (χ1v) is 17.4. The van der Waals surface area contributed by atoms with Crippen molar-refractivity contribution in [1.29, 1.82) is 5.26 Å². The lowest BCUT2D eigenvalue weighted by Crippen LogP contribution is -2.58. The molecule has 5 heterocycles. The SMILES string of the molecule is CC(C)(C=C(C#N)C(=O)N1CCCC(n2c(=O)n(-c3ccc(Oc4ccccc4)cc3)c3c(N)nccc32)C1)C(=O)N1CCN(C2COC2)CC1. The predicted octanol–water partition coefficient (Wildman–Crippen LogP) is 3.74. The molecule has 2 aromatic carbocycles. The Labute approximate surface area is 296 Å². The summed E-state index contributed by atoms with van der Waals surface area (Å²) in [6.07, 6.45) is 4.34. The van der Waals surface area contributed by atoms with E-state index in [2.05, 4.69) is 16.0 Å². The molecule has 3 aliphatic heterocycles. The van der Waals surface area contributed by atoms with Crippen LogP contribution < -0.4 is 16.2 Å². The van der Waals surface area contributed by atoms with Gasteiger partial charge in [-0.2, -0.15) is 5.26 Å². The second-order valence-corrected chi connectivity index (χ2v) is 13.9. The fraction of sp³-hybridized carbons (Fsp3) is 0.395. The number of nitrogen functional groups attached to an aromatic ring is 1. The van der Waals surface area contributed by atoms with E-state index < -0.39 is 11.3 Å². The molecule has 0 bridgehead atoms. The summed E-state index contributed by atoms with van der Waals surface area (Å²) in [6, 6.07) is 20.5. The summed E-state index contributed by atoms with van der Waals surface area (Å²) >= 11 is 0. The molecule has 3 aliphatic rings. The Morgan fingerprint density at radius 2 is 1.67 bits per heavy atom. The number of nitriles is 1. The fourth-order valence-electron chi connectivity index (χ4n) is 7.29. The highest BCUT2D eigenvalue weighted by Crippen LogP contribution is 2.31. The first-order valence-electron chi connectivity index (χ1n) is 17.4. The van der Waals surface area contributed by atoms with Gasteiger partial charge in [0.25, 0.3) is 5.91 Å². The number of ether oxygens (including phenoxy) is 2. The van der Waals surface area contributed by atoms with Crippen LogP contribution in [0.4, 0.5) is 5.82 Å². The Bertz CT molecular complexity index is 2050. The van der Waals surface area contributed by atoms with E-state index in [4.69, 9.17) is 15.2 Å². The molecule has 1 unspecified atom stereocenters. The number of aromatic nitrogens is 3. The number of para-hydroxylation sites is 1. The van der Waals surface area contributed by atoms with Gasteiger partial charge in [0.2, 0.25) is 5.91 Å². The summed E-state index contributed by atoms with van der Waals surface area (Å²) in [6.45, 7) is 8.31. The molecule has 2 aromatic heterocycles. The maximum atomic E-state index is 14.3. The lowest BCUT2D eigenvalue weighted by molar-refractivity contribution is -0.142. The zero-order chi connectivity index (χ0) is 35.7. The van der Waals surface area contributed by atoms with Gasteiger partial charge >= 0.3 is 5.69 Å². The van der Waals surface area contributed by atoms with Gasteiger partial charge in [-0.15, -0.1) is 0 Å². The number of nitrogens with zero attached hydrogens (tertiary/aromatic N) is 7. The second kappa shape index (κ2) is 14.0. The highest BCUT2D eigenvalue weighted by molar-refractivity contribution is 5.99. The average Bonchev–Trinajstić information content (AvgIpc) is 3.43. The molecule has 0 saturated carbocycles. The molecule has 13 heteroatoms. The van der Waals surface area contributed by atoms with Gasteiger partial charge in [0.05, 0.1) is 41.9 Å². The minimum atomic E-state index is -1.06. The predicted molar refractivity (Wildman–Crippen MR) is 191 cm³/mol. The van der Waals surface area contributed by atoms with E-state index in [-0.39, 0.29) is 35.6 Å². The summed E-state index contributed by atoms with van der Waals surface area (Å²) in [7, 11) is 0. The average molecular weight is 691 g/mol. The van der Waals surface area contributed by atoms with Crippen LogP contribution in [0.2, 0.25) is 0 Å². The lowest BCUT2D eigenvalue weighted by Gasteiger charge is -2.43. The largest absolute Gasteiger partial charge is 0.457 e. The van der Waals surface area contributed by atoms with Crippen LogP contribution in [0.25, 0.3) is 16.7 Å². The quantitative estimate of drug-likeness (QED) is 0.215. The molecule has 0 spiro atoms. The van der Waals surface area contributed by atoms with Gasteiger partial charge < -0.3 is 25.0 Å². The van der Waals surface area contributed by atoms with Crippen LogP contribution >= 0.6 is 0 Å². The van der Waals surface area contributed by atoms with Gasteiger partial charge in [0.15, 0.2) is 0 Å². The van der Waals surface area contributed by atoms with E-state index in [9.17, 15) is 19.6 Å². The Morgan fingerprint density at radius 1 is 0.961 bits per heavy atom. The number of fused-ring (bicyclic) bond motifs is 1. The Hall–Kier alpha value is -5.45. The van der Waals surface area contributed by atoms with Gasteiger partial charge in [0.1, 0.15) is 34.5 Å². The topological polar surface area (TPSA) is 152 Å². The number of benzene rings is 2. The maximum absolute atomic E-state index is 14.3. The van der Waals surface area contributed by atoms with Crippen molar-refractivity contribution in [2.45, 2.75) is 38.8 Å². The third kappa shape index (κ3) is 6.72. The smallest absolute Gasteiger partial charge is 0.334 e. The molecule has 2 N–H and O–H groups in total. The summed E-state index contributed by atoms with van der Waals surface area (Å²) in [5.41, 5.74) is 6.59. The molecular weight excluding hydrogens is 648 g/mol. The number of rotatable bonds is 8. The normalized spacial score (nSPS) is 19.1. The molecular formula is C38H42N8O5. The van der Waals surface area contributed by atoms with Crippen LogP contribution in [0.15, 0.2) is 83.3 Å². The van der Waals surface area contributed by atoms with Crippen molar-refractivity contribution in [3.8, 4) is 23.3 Å². The van der Waals surface area contributed by atoms with Crippen molar-refractivity contribution in [3.63, 3.8) is 0 Å². The van der Waals surface area contributed by atoms with Crippen LogP contribution in [-0.2, 0) is 14.3 Å².